The average Bonchev–Trinajstić information content (AvgIpc) is 2.98. The number of benzene rings is 3. The van der Waals surface area contributed by atoms with Crippen molar-refractivity contribution >= 4 is 17.9 Å². The molecule has 4 unspecified atom stereocenters. The lowest BCUT2D eigenvalue weighted by molar-refractivity contribution is -0.140. The van der Waals surface area contributed by atoms with Gasteiger partial charge in [0.15, 0.2) is 0 Å². The number of allylic oxidation sites excluding steroid dienone is 1. The number of imide groups is 1. The number of hydrogen-bond donors (Lipinski definition) is 0. The second-order valence-corrected chi connectivity index (χ2v) is 10.9. The van der Waals surface area contributed by atoms with Crippen LogP contribution in [0, 0.1) is 11.8 Å². The molecule has 3 aromatic rings. The van der Waals surface area contributed by atoms with E-state index in [9.17, 15) is 9.59 Å². The van der Waals surface area contributed by atoms with Crippen LogP contribution in [0.5, 0.6) is 0 Å². The summed E-state index contributed by atoms with van der Waals surface area (Å²) in [7, 11) is 0. The topological polar surface area (TPSA) is 37.4 Å². The molecule has 34 heavy (non-hydrogen) atoms. The zero-order valence-electron chi connectivity index (χ0n) is 19.9. The lowest BCUT2D eigenvalue weighted by Crippen LogP contribution is -2.61. The second-order valence-electron chi connectivity index (χ2n) is 10.9. The third-order valence-corrected chi connectivity index (χ3v) is 8.13. The van der Waals surface area contributed by atoms with E-state index in [2.05, 4.69) is 69.3 Å². The van der Waals surface area contributed by atoms with Gasteiger partial charge < -0.3 is 0 Å². The highest BCUT2D eigenvalue weighted by atomic mass is 16.2. The standard InChI is InChI=1S/C31H29NO2/c1-30(2,3)23-16-13-22(14-17-23)26-25-18-15-21-11-7-8-12-24(21)31(25)27(26)28(33)32(29(31)34)19-20-9-5-4-6-10-20/h4-18,25-27H,19H2,1-3H3. The van der Waals surface area contributed by atoms with Crippen LogP contribution in [-0.4, -0.2) is 16.7 Å². The van der Waals surface area contributed by atoms with Crippen LogP contribution in [0.1, 0.15) is 54.5 Å². The van der Waals surface area contributed by atoms with Gasteiger partial charge in [0, 0.05) is 11.8 Å². The molecule has 0 bridgehead atoms. The predicted octanol–water partition coefficient (Wildman–Crippen LogP) is 5.85. The molecule has 1 spiro atoms. The van der Waals surface area contributed by atoms with E-state index in [1.54, 1.807) is 0 Å². The van der Waals surface area contributed by atoms with Crippen molar-refractivity contribution in [2.45, 2.75) is 44.1 Å². The highest BCUT2D eigenvalue weighted by molar-refractivity contribution is 6.14. The third kappa shape index (κ3) is 2.76. The molecule has 2 aliphatic carbocycles. The maximum absolute atomic E-state index is 14.1. The zero-order valence-corrected chi connectivity index (χ0v) is 19.9. The molecule has 170 valence electrons. The Bertz CT molecular complexity index is 1320. The van der Waals surface area contributed by atoms with Crippen molar-refractivity contribution < 1.29 is 9.59 Å². The van der Waals surface area contributed by atoms with Gasteiger partial charge in [-0.25, -0.2) is 0 Å². The van der Waals surface area contributed by atoms with Crippen molar-refractivity contribution in [2.75, 3.05) is 0 Å². The minimum absolute atomic E-state index is 0.00384. The van der Waals surface area contributed by atoms with Crippen molar-refractivity contribution in [1.82, 2.24) is 4.90 Å². The summed E-state index contributed by atoms with van der Waals surface area (Å²) in [6, 6.07) is 26.6. The number of hydrogen-bond acceptors (Lipinski definition) is 2. The summed E-state index contributed by atoms with van der Waals surface area (Å²) < 4.78 is 0. The van der Waals surface area contributed by atoms with E-state index in [4.69, 9.17) is 0 Å². The van der Waals surface area contributed by atoms with Gasteiger partial charge in [0.05, 0.1) is 17.9 Å². The molecule has 1 heterocycles. The highest BCUT2D eigenvalue weighted by Crippen LogP contribution is 2.68. The fraction of sp³-hybridized carbons (Fsp3) is 0.290. The van der Waals surface area contributed by atoms with Gasteiger partial charge in [-0.15, -0.1) is 0 Å². The Morgan fingerprint density at radius 3 is 2.24 bits per heavy atom. The molecule has 1 aliphatic heterocycles. The number of carbonyl (C=O) groups is 2. The zero-order chi connectivity index (χ0) is 23.7. The Balaban J connectivity index is 1.46. The first kappa shape index (κ1) is 21.1. The van der Waals surface area contributed by atoms with E-state index in [1.807, 2.05) is 42.5 Å². The summed E-state index contributed by atoms with van der Waals surface area (Å²) in [5.74, 6) is -0.489. The SMILES string of the molecule is CC(C)(C)c1ccc(C2C3C=Cc4ccccc4C34C(=O)N(Cc3ccccc3)C(=O)C24)cc1. The lowest BCUT2D eigenvalue weighted by Gasteiger charge is -2.56. The van der Waals surface area contributed by atoms with Gasteiger partial charge in [-0.2, -0.15) is 0 Å². The molecule has 6 rings (SSSR count). The Kier molecular flexibility index (Phi) is 4.51. The van der Waals surface area contributed by atoms with Crippen LogP contribution in [0.15, 0.2) is 84.9 Å². The van der Waals surface area contributed by atoms with Crippen LogP contribution in [0.2, 0.25) is 0 Å². The summed E-state index contributed by atoms with van der Waals surface area (Å²) in [5.41, 5.74) is 4.71. The molecule has 4 atom stereocenters. The van der Waals surface area contributed by atoms with Crippen LogP contribution in [0.3, 0.4) is 0 Å². The van der Waals surface area contributed by atoms with Gasteiger partial charge in [0.1, 0.15) is 0 Å². The van der Waals surface area contributed by atoms with Gasteiger partial charge in [0.2, 0.25) is 11.8 Å². The van der Waals surface area contributed by atoms with Crippen molar-refractivity contribution in [2.24, 2.45) is 11.8 Å². The normalized spacial score (nSPS) is 27.1. The fourth-order valence-electron chi connectivity index (χ4n) is 6.46. The van der Waals surface area contributed by atoms with E-state index in [1.165, 1.54) is 10.5 Å². The first-order valence-electron chi connectivity index (χ1n) is 12.1. The van der Waals surface area contributed by atoms with Crippen LogP contribution < -0.4 is 0 Å². The molecule has 2 amide bonds. The monoisotopic (exact) mass is 447 g/mol. The number of rotatable bonds is 3. The maximum Gasteiger partial charge on any atom is 0.241 e. The van der Waals surface area contributed by atoms with Crippen molar-refractivity contribution in [3.8, 4) is 0 Å². The molecule has 3 nitrogen and oxygen atoms in total. The molecule has 0 aromatic heterocycles. The molecular weight excluding hydrogens is 418 g/mol. The highest BCUT2D eigenvalue weighted by Gasteiger charge is 2.75. The fourth-order valence-corrected chi connectivity index (χ4v) is 6.46. The van der Waals surface area contributed by atoms with E-state index >= 15 is 0 Å². The number of fused-ring (bicyclic) bond motifs is 1. The molecule has 3 aliphatic rings. The summed E-state index contributed by atoms with van der Waals surface area (Å²) in [6.07, 6.45) is 4.31. The summed E-state index contributed by atoms with van der Waals surface area (Å²) in [5, 5.41) is 0. The molecule has 3 aromatic carbocycles. The quantitative estimate of drug-likeness (QED) is 0.473. The van der Waals surface area contributed by atoms with Gasteiger partial charge in [-0.1, -0.05) is 112 Å². The molecule has 2 fully saturated rings. The largest absolute Gasteiger partial charge is 0.277 e. The smallest absolute Gasteiger partial charge is 0.241 e. The van der Waals surface area contributed by atoms with E-state index in [0.29, 0.717) is 6.54 Å². The average molecular weight is 448 g/mol. The lowest BCUT2D eigenvalue weighted by atomic mass is 9.42. The van der Waals surface area contributed by atoms with Crippen LogP contribution >= 0.6 is 0 Å². The minimum atomic E-state index is -0.801. The first-order valence-corrected chi connectivity index (χ1v) is 12.1. The van der Waals surface area contributed by atoms with Crippen molar-refractivity contribution in [1.29, 1.82) is 0 Å². The summed E-state index contributed by atoms with van der Waals surface area (Å²) >= 11 is 0. The number of nitrogens with zero attached hydrogens (tertiary/aromatic N) is 1. The summed E-state index contributed by atoms with van der Waals surface area (Å²) in [6.45, 7) is 6.94. The first-order chi connectivity index (χ1) is 16.3. The summed E-state index contributed by atoms with van der Waals surface area (Å²) in [4.78, 5) is 29.6. The molecule has 1 saturated carbocycles. The van der Waals surface area contributed by atoms with E-state index < -0.39 is 5.41 Å². The third-order valence-electron chi connectivity index (χ3n) is 8.13. The van der Waals surface area contributed by atoms with E-state index in [0.717, 1.165) is 22.3 Å². The van der Waals surface area contributed by atoms with Crippen LogP contribution in [0.4, 0.5) is 0 Å². The Morgan fingerprint density at radius 1 is 0.853 bits per heavy atom. The minimum Gasteiger partial charge on any atom is -0.277 e. The second kappa shape index (κ2) is 7.27. The molecular formula is C31H29NO2. The Labute approximate surface area is 201 Å². The van der Waals surface area contributed by atoms with Gasteiger partial charge in [-0.05, 0) is 33.2 Å². The van der Waals surface area contributed by atoms with Crippen molar-refractivity contribution in [3.63, 3.8) is 0 Å². The number of amides is 2. The molecule has 3 heteroatoms. The Hall–Kier alpha value is -3.46. The predicted molar refractivity (Wildman–Crippen MR) is 134 cm³/mol. The number of carbonyl (C=O) groups excluding carboxylic acids is 2. The van der Waals surface area contributed by atoms with Gasteiger partial charge >= 0.3 is 0 Å². The van der Waals surface area contributed by atoms with E-state index in [-0.39, 0.29) is 35.0 Å². The molecule has 0 radical (unpaired) electrons. The maximum atomic E-state index is 14.1. The van der Waals surface area contributed by atoms with Crippen LogP contribution in [-0.2, 0) is 27.0 Å². The molecule has 0 N–H and O–H groups in total. The Morgan fingerprint density at radius 2 is 1.53 bits per heavy atom. The van der Waals surface area contributed by atoms with Crippen LogP contribution in [0.25, 0.3) is 6.08 Å². The van der Waals surface area contributed by atoms with Crippen molar-refractivity contribution in [3.05, 3.63) is 113 Å². The van der Waals surface area contributed by atoms with Gasteiger partial charge in [-0.3, -0.25) is 14.5 Å². The van der Waals surface area contributed by atoms with Gasteiger partial charge in [0.25, 0.3) is 0 Å². The number of likely N-dealkylation sites (tertiary alicyclic amines) is 1. The molecule has 1 saturated heterocycles.